The highest BCUT2D eigenvalue weighted by Gasteiger charge is 2.17. The maximum atomic E-state index is 12.7. The molecule has 0 bridgehead atoms. The Morgan fingerprint density at radius 1 is 0.781 bits per heavy atom. The van der Waals surface area contributed by atoms with Crippen molar-refractivity contribution in [2.75, 3.05) is 24.9 Å². The van der Waals surface area contributed by atoms with Crippen molar-refractivity contribution in [2.45, 2.75) is 13.1 Å². The van der Waals surface area contributed by atoms with E-state index in [0.717, 1.165) is 17.5 Å². The number of amides is 2. The van der Waals surface area contributed by atoms with Gasteiger partial charge in [0.05, 0.1) is 25.6 Å². The summed E-state index contributed by atoms with van der Waals surface area (Å²) in [5.74, 6) is -0.128. The molecular formula is C22H24N6O4. The number of nitrogens with two attached hydrogens (primary N) is 2. The largest absolute Gasteiger partial charge is 0.495 e. The Morgan fingerprint density at radius 2 is 1.22 bits per heavy atom. The summed E-state index contributed by atoms with van der Waals surface area (Å²) in [4.78, 5) is 33.4. The summed E-state index contributed by atoms with van der Waals surface area (Å²) in [6.45, 7) is 0.610. The zero-order valence-electron chi connectivity index (χ0n) is 17.7. The van der Waals surface area contributed by atoms with Crippen LogP contribution in [0.25, 0.3) is 0 Å². The topological polar surface area (TPSA) is 154 Å². The second kappa shape index (κ2) is 10.3. The van der Waals surface area contributed by atoms with Crippen LogP contribution < -0.4 is 31.6 Å². The Labute approximate surface area is 185 Å². The highest BCUT2D eigenvalue weighted by atomic mass is 16.5. The molecule has 0 radical (unpaired) electrons. The number of benzene rings is 2. The van der Waals surface area contributed by atoms with Crippen molar-refractivity contribution < 1.29 is 19.1 Å². The van der Waals surface area contributed by atoms with Crippen molar-refractivity contribution in [2.24, 2.45) is 11.5 Å². The first-order valence-corrected chi connectivity index (χ1v) is 9.67. The van der Waals surface area contributed by atoms with Gasteiger partial charge in [-0.05, 0) is 35.4 Å². The van der Waals surface area contributed by atoms with Crippen LogP contribution in [0.5, 0.6) is 11.5 Å². The van der Waals surface area contributed by atoms with Crippen LogP contribution in [0.3, 0.4) is 0 Å². The first-order chi connectivity index (χ1) is 15.5. The van der Waals surface area contributed by atoms with Crippen LogP contribution in [0, 0.1) is 0 Å². The van der Waals surface area contributed by atoms with Crippen LogP contribution in [0.4, 0.5) is 11.4 Å². The van der Waals surface area contributed by atoms with Crippen molar-refractivity contribution in [1.29, 1.82) is 0 Å². The molecule has 0 aliphatic heterocycles. The van der Waals surface area contributed by atoms with E-state index in [9.17, 15) is 9.59 Å². The van der Waals surface area contributed by atoms with E-state index in [1.165, 1.54) is 20.3 Å². The second-order valence-electron chi connectivity index (χ2n) is 6.67. The molecule has 0 unspecified atom stereocenters. The minimum atomic E-state index is -0.531. The first-order valence-electron chi connectivity index (χ1n) is 9.67. The predicted molar refractivity (Wildman–Crippen MR) is 120 cm³/mol. The normalized spacial score (nSPS) is 10.4. The summed E-state index contributed by atoms with van der Waals surface area (Å²) in [5.41, 5.74) is 13.9. The van der Waals surface area contributed by atoms with Crippen molar-refractivity contribution >= 4 is 23.2 Å². The van der Waals surface area contributed by atoms with E-state index in [1.807, 2.05) is 0 Å². The Kier molecular flexibility index (Phi) is 7.32. The number of methoxy groups -OCH3 is 2. The fourth-order valence-corrected chi connectivity index (χ4v) is 2.94. The summed E-state index contributed by atoms with van der Waals surface area (Å²) in [6.07, 6.45) is 1.14. The number of carbonyl (C=O) groups excluding carboxylic acids is 2. The number of rotatable bonds is 8. The molecule has 0 saturated heterocycles. The number of hydrogen-bond acceptors (Lipinski definition) is 8. The summed E-state index contributed by atoms with van der Waals surface area (Å²) in [5, 5.41) is 5.45. The quantitative estimate of drug-likeness (QED) is 0.417. The maximum absolute atomic E-state index is 12.7. The minimum absolute atomic E-state index is 0.00743. The van der Waals surface area contributed by atoms with Crippen molar-refractivity contribution in [3.8, 4) is 11.5 Å². The molecule has 32 heavy (non-hydrogen) atoms. The summed E-state index contributed by atoms with van der Waals surface area (Å²) < 4.78 is 10.6. The summed E-state index contributed by atoms with van der Waals surface area (Å²) in [6, 6.07) is 11.7. The van der Waals surface area contributed by atoms with Crippen LogP contribution in [0.2, 0.25) is 0 Å². The van der Waals surface area contributed by atoms with Crippen LogP contribution in [-0.2, 0) is 13.1 Å². The van der Waals surface area contributed by atoms with Gasteiger partial charge in [0.15, 0.2) is 0 Å². The van der Waals surface area contributed by atoms with Crippen LogP contribution in [-0.4, -0.2) is 36.0 Å². The van der Waals surface area contributed by atoms with Gasteiger partial charge in [-0.3, -0.25) is 9.59 Å². The molecule has 0 atom stereocenters. The zero-order chi connectivity index (χ0) is 23.1. The molecule has 6 N–H and O–H groups in total. The highest BCUT2D eigenvalue weighted by molar-refractivity contribution is 6.07. The third-order valence-corrected chi connectivity index (χ3v) is 4.63. The maximum Gasteiger partial charge on any atom is 0.274 e. The van der Waals surface area contributed by atoms with Gasteiger partial charge in [-0.25, -0.2) is 9.97 Å². The molecule has 0 saturated carbocycles. The van der Waals surface area contributed by atoms with Gasteiger partial charge in [-0.15, -0.1) is 0 Å². The average molecular weight is 436 g/mol. The Morgan fingerprint density at radius 3 is 1.59 bits per heavy atom. The summed E-state index contributed by atoms with van der Waals surface area (Å²) in [7, 11) is 2.99. The van der Waals surface area contributed by atoms with E-state index in [1.54, 1.807) is 36.4 Å². The lowest BCUT2D eigenvalue weighted by Gasteiger charge is -2.12. The van der Waals surface area contributed by atoms with Gasteiger partial charge in [0.1, 0.15) is 29.2 Å². The van der Waals surface area contributed by atoms with Gasteiger partial charge in [0.25, 0.3) is 11.8 Å². The monoisotopic (exact) mass is 436 g/mol. The SMILES string of the molecule is COc1ccc(CN)cc1NC(=O)c1cc(C(=O)Nc2cc(CN)ccc2OC)ncn1. The number of nitrogens with one attached hydrogen (secondary N) is 2. The molecular weight excluding hydrogens is 412 g/mol. The number of ether oxygens (including phenoxy) is 2. The minimum Gasteiger partial charge on any atom is -0.495 e. The lowest BCUT2D eigenvalue weighted by atomic mass is 10.1. The zero-order valence-corrected chi connectivity index (χ0v) is 17.7. The van der Waals surface area contributed by atoms with E-state index >= 15 is 0 Å². The van der Waals surface area contributed by atoms with Gasteiger partial charge in [-0.2, -0.15) is 0 Å². The van der Waals surface area contributed by atoms with Crippen molar-refractivity contribution in [3.63, 3.8) is 0 Å². The Bertz CT molecular complexity index is 1050. The Balaban J connectivity index is 1.81. The van der Waals surface area contributed by atoms with Crippen LogP contribution >= 0.6 is 0 Å². The number of carbonyl (C=O) groups is 2. The number of aromatic nitrogens is 2. The molecule has 166 valence electrons. The molecule has 0 spiro atoms. The fourth-order valence-electron chi connectivity index (χ4n) is 2.94. The van der Waals surface area contributed by atoms with E-state index in [2.05, 4.69) is 20.6 Å². The standard InChI is InChI=1S/C22H24N6O4/c1-31-19-5-3-13(10-23)7-15(19)27-21(29)17-9-18(26-12-25-17)22(30)28-16-8-14(11-24)4-6-20(16)32-2/h3-9,12H,10-11,23-24H2,1-2H3,(H,27,29)(H,28,30). The smallest absolute Gasteiger partial charge is 0.274 e. The second-order valence-corrected chi connectivity index (χ2v) is 6.67. The third-order valence-electron chi connectivity index (χ3n) is 4.63. The first kappa shape index (κ1) is 22.7. The highest BCUT2D eigenvalue weighted by Crippen LogP contribution is 2.27. The van der Waals surface area contributed by atoms with E-state index in [4.69, 9.17) is 20.9 Å². The predicted octanol–water partition coefficient (Wildman–Crippen LogP) is 1.92. The molecule has 0 fully saturated rings. The molecule has 1 heterocycles. The van der Waals surface area contributed by atoms with E-state index < -0.39 is 11.8 Å². The molecule has 2 aromatic carbocycles. The van der Waals surface area contributed by atoms with Gasteiger partial charge in [0.2, 0.25) is 0 Å². The number of anilines is 2. The van der Waals surface area contributed by atoms with Gasteiger partial charge >= 0.3 is 0 Å². The van der Waals surface area contributed by atoms with Gasteiger partial charge in [-0.1, -0.05) is 12.1 Å². The number of hydrogen-bond donors (Lipinski definition) is 4. The molecule has 3 aromatic rings. The molecule has 0 aliphatic rings. The average Bonchev–Trinajstić information content (AvgIpc) is 2.83. The number of nitrogens with zero attached hydrogens (tertiary/aromatic N) is 2. The third kappa shape index (κ3) is 5.17. The molecule has 10 nitrogen and oxygen atoms in total. The fraction of sp³-hybridized carbons (Fsp3) is 0.182. The lowest BCUT2D eigenvalue weighted by Crippen LogP contribution is -2.19. The molecule has 2 amide bonds. The van der Waals surface area contributed by atoms with E-state index in [-0.39, 0.29) is 11.4 Å². The molecule has 1 aromatic heterocycles. The Hall–Kier alpha value is -4.02. The van der Waals surface area contributed by atoms with Crippen LogP contribution in [0.1, 0.15) is 32.1 Å². The lowest BCUT2D eigenvalue weighted by molar-refractivity contribution is 0.102. The molecule has 3 rings (SSSR count). The van der Waals surface area contributed by atoms with Gasteiger partial charge < -0.3 is 31.6 Å². The van der Waals surface area contributed by atoms with Crippen LogP contribution in [0.15, 0.2) is 48.8 Å². The van der Waals surface area contributed by atoms with E-state index in [0.29, 0.717) is 36.0 Å². The van der Waals surface area contributed by atoms with Crippen molar-refractivity contribution in [3.05, 3.63) is 71.3 Å². The molecule has 0 aliphatic carbocycles. The van der Waals surface area contributed by atoms with Crippen molar-refractivity contribution in [1.82, 2.24) is 9.97 Å². The van der Waals surface area contributed by atoms with Gasteiger partial charge in [0, 0.05) is 19.2 Å². The molecule has 10 heteroatoms. The summed E-state index contributed by atoms with van der Waals surface area (Å²) >= 11 is 0.